The van der Waals surface area contributed by atoms with Crippen molar-refractivity contribution >= 4 is 38.9 Å². The van der Waals surface area contributed by atoms with E-state index in [-0.39, 0.29) is 5.25 Å². The van der Waals surface area contributed by atoms with E-state index in [1.165, 1.54) is 6.07 Å². The van der Waals surface area contributed by atoms with Crippen LogP contribution in [0.4, 0.5) is 5.69 Å². The van der Waals surface area contributed by atoms with Gasteiger partial charge in [-0.3, -0.25) is 4.72 Å². The van der Waals surface area contributed by atoms with Crippen LogP contribution in [-0.4, -0.2) is 13.7 Å². The van der Waals surface area contributed by atoms with Gasteiger partial charge in [-0.25, -0.2) is 8.42 Å². The molecule has 3 nitrogen and oxygen atoms in total. The van der Waals surface area contributed by atoms with Crippen LogP contribution in [0.15, 0.2) is 18.2 Å². The fourth-order valence-corrected chi connectivity index (χ4v) is 3.88. The third-order valence-corrected chi connectivity index (χ3v) is 5.53. The van der Waals surface area contributed by atoms with Crippen LogP contribution in [0.5, 0.6) is 0 Å². The van der Waals surface area contributed by atoms with Gasteiger partial charge in [0.2, 0.25) is 10.0 Å². The molecule has 1 fully saturated rings. The van der Waals surface area contributed by atoms with E-state index in [1.54, 1.807) is 12.1 Å². The van der Waals surface area contributed by atoms with Crippen LogP contribution in [0.1, 0.15) is 25.7 Å². The Morgan fingerprint density at radius 1 is 1.12 bits per heavy atom. The maximum atomic E-state index is 12.0. The molecule has 0 heterocycles. The molecule has 0 amide bonds. The molecule has 0 atom stereocenters. The molecule has 1 aliphatic carbocycles. The maximum Gasteiger partial charge on any atom is 0.235 e. The molecule has 17 heavy (non-hydrogen) atoms. The van der Waals surface area contributed by atoms with Crippen LogP contribution in [0.3, 0.4) is 0 Å². The van der Waals surface area contributed by atoms with E-state index in [0.29, 0.717) is 15.7 Å². The molecule has 6 heteroatoms. The molecule has 0 spiro atoms. The fourth-order valence-electron chi connectivity index (χ4n) is 2.01. The van der Waals surface area contributed by atoms with Crippen molar-refractivity contribution in [3.63, 3.8) is 0 Å². The third-order valence-electron chi connectivity index (χ3n) is 2.92. The van der Waals surface area contributed by atoms with Crippen molar-refractivity contribution in [3.05, 3.63) is 28.2 Å². The molecule has 0 bridgehead atoms. The highest BCUT2D eigenvalue weighted by Gasteiger charge is 2.28. The second kappa shape index (κ2) is 5.04. The number of nitrogens with one attached hydrogen (secondary N) is 1. The van der Waals surface area contributed by atoms with Gasteiger partial charge in [0, 0.05) is 0 Å². The number of halogens is 2. The van der Waals surface area contributed by atoms with E-state index < -0.39 is 10.0 Å². The lowest BCUT2D eigenvalue weighted by molar-refractivity contribution is 0.585. The Kier molecular flexibility index (Phi) is 3.85. The van der Waals surface area contributed by atoms with Crippen molar-refractivity contribution in [1.29, 1.82) is 0 Å². The van der Waals surface area contributed by atoms with Crippen LogP contribution in [0.25, 0.3) is 0 Å². The first kappa shape index (κ1) is 13.0. The number of sulfonamides is 1. The van der Waals surface area contributed by atoms with Gasteiger partial charge in [0.25, 0.3) is 0 Å². The molecule has 1 saturated carbocycles. The lowest BCUT2D eigenvalue weighted by Crippen LogP contribution is -2.25. The van der Waals surface area contributed by atoms with E-state index in [4.69, 9.17) is 23.2 Å². The Balaban J connectivity index is 2.17. The first-order chi connectivity index (χ1) is 7.99. The third kappa shape index (κ3) is 3.06. The molecule has 0 aliphatic heterocycles. The first-order valence-corrected chi connectivity index (χ1v) is 7.76. The summed E-state index contributed by atoms with van der Waals surface area (Å²) in [5.41, 5.74) is 0.464. The normalized spacial score (nSPS) is 17.3. The minimum absolute atomic E-state index is 0.281. The predicted molar refractivity (Wildman–Crippen MR) is 71.3 cm³/mol. The van der Waals surface area contributed by atoms with Crippen molar-refractivity contribution in [2.24, 2.45) is 0 Å². The second-order valence-corrected chi connectivity index (χ2v) is 6.96. The lowest BCUT2D eigenvalue weighted by atomic mass is 10.3. The van der Waals surface area contributed by atoms with Crippen LogP contribution in [-0.2, 0) is 10.0 Å². The number of rotatable bonds is 3. The van der Waals surface area contributed by atoms with Gasteiger partial charge in [-0.1, -0.05) is 36.0 Å². The average Bonchev–Trinajstić information content (AvgIpc) is 2.77. The van der Waals surface area contributed by atoms with Crippen molar-refractivity contribution in [2.45, 2.75) is 30.9 Å². The van der Waals surface area contributed by atoms with Gasteiger partial charge in [-0.05, 0) is 31.0 Å². The summed E-state index contributed by atoms with van der Waals surface area (Å²) in [6.07, 6.45) is 3.42. The Morgan fingerprint density at radius 3 is 2.35 bits per heavy atom. The van der Waals surface area contributed by atoms with Gasteiger partial charge < -0.3 is 0 Å². The van der Waals surface area contributed by atoms with Gasteiger partial charge in [-0.2, -0.15) is 0 Å². The zero-order chi connectivity index (χ0) is 12.5. The lowest BCUT2D eigenvalue weighted by Gasteiger charge is -2.13. The van der Waals surface area contributed by atoms with Crippen molar-refractivity contribution in [1.82, 2.24) is 0 Å². The number of anilines is 1. The summed E-state index contributed by atoms with van der Waals surface area (Å²) in [6, 6.07) is 4.72. The maximum absolute atomic E-state index is 12.0. The summed E-state index contributed by atoms with van der Waals surface area (Å²) in [5, 5.41) is 0.478. The molecule has 1 aromatic rings. The molecule has 0 unspecified atom stereocenters. The molecule has 2 rings (SSSR count). The molecule has 0 aromatic heterocycles. The molecule has 1 aromatic carbocycles. The highest BCUT2D eigenvalue weighted by Crippen LogP contribution is 2.29. The molecule has 1 aliphatic rings. The Bertz CT molecular complexity index is 510. The summed E-state index contributed by atoms with van der Waals surface area (Å²) in [4.78, 5) is 0. The summed E-state index contributed by atoms with van der Waals surface area (Å²) in [7, 11) is -3.29. The molecule has 0 radical (unpaired) electrons. The quantitative estimate of drug-likeness (QED) is 0.924. The molecule has 0 saturated heterocycles. The zero-order valence-electron chi connectivity index (χ0n) is 9.12. The Labute approximate surface area is 111 Å². The van der Waals surface area contributed by atoms with Crippen LogP contribution in [0.2, 0.25) is 10.0 Å². The molecule has 94 valence electrons. The minimum atomic E-state index is -3.29. The monoisotopic (exact) mass is 293 g/mol. The summed E-state index contributed by atoms with van der Waals surface area (Å²) < 4.78 is 26.6. The minimum Gasteiger partial charge on any atom is -0.283 e. The second-order valence-electron chi connectivity index (χ2n) is 4.18. The molecular formula is C11H13Cl2NO2S. The fraction of sp³-hybridized carbons (Fsp3) is 0.455. The number of hydrogen-bond donors (Lipinski definition) is 1. The van der Waals surface area contributed by atoms with Gasteiger partial charge in [0.1, 0.15) is 0 Å². The van der Waals surface area contributed by atoms with E-state index in [1.807, 2.05) is 0 Å². The molecular weight excluding hydrogens is 281 g/mol. The topological polar surface area (TPSA) is 46.2 Å². The standard InChI is InChI=1S/C11H13Cl2NO2S/c12-10-6-5-8(7-11(10)13)14-17(15,16)9-3-1-2-4-9/h5-7,9,14H,1-4H2. The van der Waals surface area contributed by atoms with Crippen LogP contribution < -0.4 is 4.72 Å². The summed E-state index contributed by atoms with van der Waals surface area (Å²) in [5.74, 6) is 0. The van der Waals surface area contributed by atoms with Gasteiger partial charge in [-0.15, -0.1) is 0 Å². The Hall–Kier alpha value is -0.450. The molecule has 1 N–H and O–H groups in total. The van der Waals surface area contributed by atoms with Crippen molar-refractivity contribution in [3.8, 4) is 0 Å². The Morgan fingerprint density at radius 2 is 1.76 bits per heavy atom. The van der Waals surface area contributed by atoms with Gasteiger partial charge in [0.05, 0.1) is 21.0 Å². The average molecular weight is 294 g/mol. The number of hydrogen-bond acceptors (Lipinski definition) is 2. The van der Waals surface area contributed by atoms with E-state index in [0.717, 1.165) is 25.7 Å². The van der Waals surface area contributed by atoms with Crippen LogP contribution in [0, 0.1) is 0 Å². The van der Waals surface area contributed by atoms with Gasteiger partial charge in [0.15, 0.2) is 0 Å². The summed E-state index contributed by atoms with van der Waals surface area (Å²) in [6.45, 7) is 0. The highest BCUT2D eigenvalue weighted by atomic mass is 35.5. The van der Waals surface area contributed by atoms with Crippen molar-refractivity contribution in [2.75, 3.05) is 4.72 Å². The zero-order valence-corrected chi connectivity index (χ0v) is 11.4. The SMILES string of the molecule is O=S(=O)(Nc1ccc(Cl)c(Cl)c1)C1CCCC1. The smallest absolute Gasteiger partial charge is 0.235 e. The van der Waals surface area contributed by atoms with E-state index in [2.05, 4.69) is 4.72 Å². The van der Waals surface area contributed by atoms with Crippen molar-refractivity contribution < 1.29 is 8.42 Å². The largest absolute Gasteiger partial charge is 0.283 e. The number of benzene rings is 1. The van der Waals surface area contributed by atoms with Gasteiger partial charge >= 0.3 is 0 Å². The highest BCUT2D eigenvalue weighted by molar-refractivity contribution is 7.93. The van der Waals surface area contributed by atoms with Crippen LogP contribution >= 0.6 is 23.2 Å². The predicted octanol–water partition coefficient (Wildman–Crippen LogP) is 3.68. The first-order valence-electron chi connectivity index (χ1n) is 5.46. The van der Waals surface area contributed by atoms with E-state index >= 15 is 0 Å². The summed E-state index contributed by atoms with van der Waals surface area (Å²) >= 11 is 11.6. The van der Waals surface area contributed by atoms with E-state index in [9.17, 15) is 8.42 Å².